The fourth-order valence-corrected chi connectivity index (χ4v) is 3.71. The number of fused-ring (bicyclic) bond motifs is 2. The van der Waals surface area contributed by atoms with E-state index < -0.39 is 0 Å². The van der Waals surface area contributed by atoms with E-state index in [1.54, 1.807) is 27.6 Å². The molecule has 30 heavy (non-hydrogen) atoms. The van der Waals surface area contributed by atoms with E-state index in [1.807, 2.05) is 72.8 Å². The van der Waals surface area contributed by atoms with Gasteiger partial charge in [0.05, 0.1) is 34.9 Å². The van der Waals surface area contributed by atoms with E-state index >= 15 is 0 Å². The Morgan fingerprint density at radius 1 is 0.600 bits per heavy atom. The first-order valence-corrected chi connectivity index (χ1v) is 9.80. The second-order valence-electron chi connectivity index (χ2n) is 7.32. The van der Waals surface area contributed by atoms with Crippen molar-refractivity contribution in [3.8, 4) is 0 Å². The second kappa shape index (κ2) is 7.44. The van der Waals surface area contributed by atoms with Crippen LogP contribution in [0.1, 0.15) is 11.1 Å². The zero-order valence-corrected chi connectivity index (χ0v) is 16.2. The number of rotatable bonds is 4. The summed E-state index contributed by atoms with van der Waals surface area (Å²) in [7, 11) is 0. The summed E-state index contributed by atoms with van der Waals surface area (Å²) >= 11 is 0. The Balaban J connectivity index is 1.62. The van der Waals surface area contributed by atoms with Crippen LogP contribution in [0.3, 0.4) is 0 Å². The molecule has 5 heteroatoms. The molecule has 0 spiro atoms. The van der Waals surface area contributed by atoms with Crippen LogP contribution in [-0.4, -0.2) is 14.1 Å². The van der Waals surface area contributed by atoms with Crippen molar-refractivity contribution in [3.63, 3.8) is 0 Å². The summed E-state index contributed by atoms with van der Waals surface area (Å²) in [4.78, 5) is 30.7. The van der Waals surface area contributed by atoms with Gasteiger partial charge in [0.2, 0.25) is 0 Å². The molecule has 5 aromatic rings. The minimum atomic E-state index is -0.149. The highest BCUT2D eigenvalue weighted by Gasteiger charge is 2.10. The molecule has 0 radical (unpaired) electrons. The first-order valence-electron chi connectivity index (χ1n) is 9.80. The van der Waals surface area contributed by atoms with E-state index in [2.05, 4.69) is 4.98 Å². The smallest absolute Gasteiger partial charge is 0.260 e. The molecule has 0 amide bonds. The normalized spacial score (nSPS) is 11.2. The van der Waals surface area contributed by atoms with Crippen molar-refractivity contribution < 1.29 is 0 Å². The van der Waals surface area contributed by atoms with E-state index in [-0.39, 0.29) is 11.1 Å². The van der Waals surface area contributed by atoms with Gasteiger partial charge in [-0.15, -0.1) is 0 Å². The molecule has 0 atom stereocenters. The molecule has 0 aliphatic heterocycles. The zero-order chi connectivity index (χ0) is 20.5. The van der Waals surface area contributed by atoms with E-state index in [9.17, 15) is 9.59 Å². The van der Waals surface area contributed by atoms with Crippen LogP contribution in [-0.2, 0) is 13.1 Å². The third kappa shape index (κ3) is 3.31. The standard InChI is InChI=1S/C25H19N3O2/c29-24-20-15-21-23(12-14-28(25(21)30)17-19-9-5-2-6-10-19)26-22(20)11-13-27(24)16-18-7-3-1-4-8-18/h1-15H,16-17H2. The molecule has 5 nitrogen and oxygen atoms in total. The molecule has 3 heterocycles. The molecular formula is C25H19N3O2. The van der Waals surface area contributed by atoms with Crippen LogP contribution in [0.15, 0.2) is 101 Å². The molecule has 0 bridgehead atoms. The van der Waals surface area contributed by atoms with Gasteiger partial charge in [0, 0.05) is 12.4 Å². The van der Waals surface area contributed by atoms with Crippen LogP contribution in [0.25, 0.3) is 21.8 Å². The van der Waals surface area contributed by atoms with Crippen LogP contribution < -0.4 is 11.1 Å². The van der Waals surface area contributed by atoms with Crippen molar-refractivity contribution in [2.24, 2.45) is 0 Å². The molecule has 0 saturated carbocycles. The second-order valence-corrected chi connectivity index (χ2v) is 7.32. The number of benzene rings is 2. The highest BCUT2D eigenvalue weighted by atomic mass is 16.1. The number of hydrogen-bond acceptors (Lipinski definition) is 3. The summed E-state index contributed by atoms with van der Waals surface area (Å²) < 4.78 is 3.30. The molecule has 0 N–H and O–H groups in total. The topological polar surface area (TPSA) is 56.9 Å². The van der Waals surface area contributed by atoms with Gasteiger partial charge in [0.1, 0.15) is 0 Å². The molecule has 5 rings (SSSR count). The van der Waals surface area contributed by atoms with Gasteiger partial charge >= 0.3 is 0 Å². The lowest BCUT2D eigenvalue weighted by Gasteiger charge is -2.10. The Morgan fingerprint density at radius 3 is 1.47 bits per heavy atom. The predicted octanol–water partition coefficient (Wildman–Crippen LogP) is 3.81. The third-order valence-corrected chi connectivity index (χ3v) is 5.28. The van der Waals surface area contributed by atoms with Crippen LogP contribution in [0.5, 0.6) is 0 Å². The highest BCUT2D eigenvalue weighted by molar-refractivity contribution is 5.91. The van der Waals surface area contributed by atoms with Crippen molar-refractivity contribution >= 4 is 21.8 Å². The van der Waals surface area contributed by atoms with Crippen molar-refractivity contribution in [1.82, 2.24) is 14.1 Å². The van der Waals surface area contributed by atoms with Gasteiger partial charge in [0.25, 0.3) is 11.1 Å². The molecule has 3 aromatic heterocycles. The molecule has 0 aliphatic carbocycles. The molecule has 0 saturated heterocycles. The molecular weight excluding hydrogens is 374 g/mol. The fraction of sp³-hybridized carbons (Fsp3) is 0.0800. The van der Waals surface area contributed by atoms with Gasteiger partial charge in [0.15, 0.2) is 0 Å². The van der Waals surface area contributed by atoms with Gasteiger partial charge in [-0.25, -0.2) is 4.98 Å². The molecule has 0 unspecified atom stereocenters. The van der Waals surface area contributed by atoms with E-state index in [1.165, 1.54) is 0 Å². The number of pyridine rings is 3. The minimum Gasteiger partial charge on any atom is -0.310 e. The van der Waals surface area contributed by atoms with Crippen molar-refractivity contribution in [2.75, 3.05) is 0 Å². The van der Waals surface area contributed by atoms with Gasteiger partial charge in [-0.05, 0) is 29.3 Å². The summed E-state index contributed by atoms with van der Waals surface area (Å²) in [6.07, 6.45) is 3.51. The first-order chi connectivity index (χ1) is 14.7. The van der Waals surface area contributed by atoms with Gasteiger partial charge < -0.3 is 9.13 Å². The Bertz CT molecular complexity index is 1360. The van der Waals surface area contributed by atoms with Crippen molar-refractivity contribution in [2.45, 2.75) is 13.1 Å². The molecule has 2 aromatic carbocycles. The lowest BCUT2D eigenvalue weighted by Crippen LogP contribution is -2.22. The predicted molar refractivity (Wildman–Crippen MR) is 119 cm³/mol. The van der Waals surface area contributed by atoms with Crippen LogP contribution in [0, 0.1) is 0 Å². The maximum absolute atomic E-state index is 13.1. The summed E-state index contributed by atoms with van der Waals surface area (Å²) in [5.74, 6) is 0. The summed E-state index contributed by atoms with van der Waals surface area (Å²) in [6, 6.07) is 25.0. The van der Waals surface area contributed by atoms with Crippen molar-refractivity contribution in [1.29, 1.82) is 0 Å². The fourth-order valence-electron chi connectivity index (χ4n) is 3.71. The lowest BCUT2D eigenvalue weighted by molar-refractivity contribution is 0.765. The van der Waals surface area contributed by atoms with Gasteiger partial charge in [-0.3, -0.25) is 9.59 Å². The quantitative estimate of drug-likeness (QED) is 0.436. The van der Waals surface area contributed by atoms with Crippen LogP contribution in [0.2, 0.25) is 0 Å². The lowest BCUT2D eigenvalue weighted by atomic mass is 10.1. The Hall–Kier alpha value is -3.99. The highest BCUT2D eigenvalue weighted by Crippen LogP contribution is 2.15. The average Bonchev–Trinajstić information content (AvgIpc) is 2.78. The third-order valence-electron chi connectivity index (χ3n) is 5.28. The van der Waals surface area contributed by atoms with Crippen LogP contribution in [0.4, 0.5) is 0 Å². The molecule has 0 aliphatic rings. The summed E-state index contributed by atoms with van der Waals surface area (Å²) in [5.41, 5.74) is 2.97. The SMILES string of the molecule is O=c1c2cc3c(=O)n(Cc4ccccc4)ccc3nc2ccn1Cc1ccccc1. The minimum absolute atomic E-state index is 0.149. The molecule has 146 valence electrons. The van der Waals surface area contributed by atoms with Gasteiger partial charge in [-0.2, -0.15) is 0 Å². The zero-order valence-electron chi connectivity index (χ0n) is 16.2. The average molecular weight is 393 g/mol. The largest absolute Gasteiger partial charge is 0.310 e. The maximum atomic E-state index is 13.1. The van der Waals surface area contributed by atoms with Crippen LogP contribution >= 0.6 is 0 Å². The molecule has 0 fully saturated rings. The van der Waals surface area contributed by atoms with E-state index in [4.69, 9.17) is 0 Å². The Kier molecular flexibility index (Phi) is 4.48. The monoisotopic (exact) mass is 393 g/mol. The summed E-state index contributed by atoms with van der Waals surface area (Å²) in [5, 5.41) is 0.908. The number of nitrogens with zero attached hydrogens (tertiary/aromatic N) is 3. The first kappa shape index (κ1) is 18.1. The number of aromatic nitrogens is 3. The van der Waals surface area contributed by atoms with E-state index in [0.29, 0.717) is 34.9 Å². The Labute approximate surface area is 172 Å². The maximum Gasteiger partial charge on any atom is 0.260 e. The number of hydrogen-bond donors (Lipinski definition) is 0. The Morgan fingerprint density at radius 2 is 1.03 bits per heavy atom. The van der Waals surface area contributed by atoms with Gasteiger partial charge in [-0.1, -0.05) is 60.7 Å². The summed E-state index contributed by atoms with van der Waals surface area (Å²) in [6.45, 7) is 0.946. The van der Waals surface area contributed by atoms with Crippen molar-refractivity contribution in [3.05, 3.63) is 123 Å². The van der Waals surface area contributed by atoms with E-state index in [0.717, 1.165) is 11.1 Å².